The van der Waals surface area contributed by atoms with E-state index in [1.54, 1.807) is 12.1 Å². The van der Waals surface area contributed by atoms with Crippen molar-refractivity contribution >= 4 is 13.3 Å². The summed E-state index contributed by atoms with van der Waals surface area (Å²) in [6.07, 6.45) is -0.340. The highest BCUT2D eigenvalue weighted by Gasteiger charge is 2.32. The summed E-state index contributed by atoms with van der Waals surface area (Å²) in [7, 11) is -3.81. The van der Waals surface area contributed by atoms with E-state index in [0.29, 0.717) is 0 Å². The minimum absolute atomic E-state index is 0.108. The molecule has 1 heterocycles. The fourth-order valence-corrected chi connectivity index (χ4v) is 6.09. The molecule has 1 saturated carbocycles. The predicted octanol–water partition coefficient (Wildman–Crippen LogP) is 5.39. The van der Waals surface area contributed by atoms with Crippen LogP contribution in [-0.4, -0.2) is 44.5 Å². The molecular weight excluding hydrogens is 468 g/mol. The number of nitrogens with zero attached hydrogens (tertiary/aromatic N) is 1. The van der Waals surface area contributed by atoms with E-state index in [-0.39, 0.29) is 24.3 Å². The van der Waals surface area contributed by atoms with Crippen LogP contribution in [0, 0.1) is 12.7 Å². The van der Waals surface area contributed by atoms with Gasteiger partial charge in [-0.15, -0.1) is 0 Å². The first-order valence-corrected chi connectivity index (χ1v) is 13.7. The molecule has 1 aliphatic carbocycles. The van der Waals surface area contributed by atoms with Gasteiger partial charge in [-0.05, 0) is 60.6 Å². The molecule has 1 fully saturated rings. The smallest absolute Gasteiger partial charge is 0.305 e. The topological polar surface area (TPSA) is 108 Å². The van der Waals surface area contributed by atoms with Crippen molar-refractivity contribution in [1.82, 2.24) is 4.98 Å². The number of pyridine rings is 1. The lowest BCUT2D eigenvalue weighted by molar-refractivity contribution is -0.138. The van der Waals surface area contributed by atoms with Crippen molar-refractivity contribution in [2.45, 2.75) is 44.6 Å². The summed E-state index contributed by atoms with van der Waals surface area (Å²) in [6, 6.07) is 16.0. The number of hydrogen-bond acceptors (Lipinski definition) is 4. The number of benzene rings is 2. The zero-order chi connectivity index (χ0) is 25.2. The lowest BCUT2D eigenvalue weighted by atomic mass is 9.89. The third-order valence-corrected chi connectivity index (χ3v) is 8.25. The van der Waals surface area contributed by atoms with Gasteiger partial charge in [-0.3, -0.25) is 14.3 Å². The molecule has 3 N–H and O–H groups in total. The Kier molecular flexibility index (Phi) is 7.50. The van der Waals surface area contributed by atoms with Gasteiger partial charge in [-0.2, -0.15) is 0 Å². The van der Waals surface area contributed by atoms with Crippen molar-refractivity contribution in [3.8, 4) is 22.4 Å². The normalized spacial score (nSPS) is 16.0. The number of carboxylic acids is 1. The number of aromatic nitrogens is 1. The Labute approximate surface area is 203 Å². The first-order valence-electron chi connectivity index (χ1n) is 11.7. The van der Waals surface area contributed by atoms with E-state index in [4.69, 9.17) is 10.1 Å². The van der Waals surface area contributed by atoms with Gasteiger partial charge in [0.2, 0.25) is 7.37 Å². The first kappa shape index (κ1) is 25.2. The van der Waals surface area contributed by atoms with E-state index < -0.39 is 32.0 Å². The van der Waals surface area contributed by atoms with Gasteiger partial charge < -0.3 is 15.1 Å². The molecule has 0 aliphatic heterocycles. The lowest BCUT2D eigenvalue weighted by Gasteiger charge is -2.22. The van der Waals surface area contributed by atoms with Gasteiger partial charge in [-0.1, -0.05) is 42.5 Å². The van der Waals surface area contributed by atoms with Gasteiger partial charge >= 0.3 is 5.97 Å². The molecule has 0 radical (unpaired) electrons. The van der Waals surface area contributed by atoms with Crippen LogP contribution in [-0.2, 0) is 15.8 Å². The molecule has 1 unspecified atom stereocenters. The van der Waals surface area contributed by atoms with E-state index in [1.807, 2.05) is 37.3 Å². The van der Waals surface area contributed by atoms with Crippen LogP contribution in [0.25, 0.3) is 22.4 Å². The summed E-state index contributed by atoms with van der Waals surface area (Å²) < 4.78 is 26.6. The Morgan fingerprint density at radius 3 is 2.37 bits per heavy atom. The van der Waals surface area contributed by atoms with Crippen molar-refractivity contribution in [1.29, 1.82) is 0 Å². The number of carbonyl (C=O) groups is 1. The van der Waals surface area contributed by atoms with Crippen molar-refractivity contribution in [2.75, 3.05) is 12.3 Å². The second-order valence-electron chi connectivity index (χ2n) is 9.23. The van der Waals surface area contributed by atoms with Crippen LogP contribution in [0.2, 0.25) is 0 Å². The Morgan fingerprint density at radius 2 is 1.77 bits per heavy atom. The Balaban J connectivity index is 1.78. The second-order valence-corrected chi connectivity index (χ2v) is 11.7. The molecule has 8 heteroatoms. The summed E-state index contributed by atoms with van der Waals surface area (Å²) in [6.45, 7) is 1.96. The largest absolute Gasteiger partial charge is 0.481 e. The molecule has 0 bridgehead atoms. The third-order valence-electron chi connectivity index (χ3n) is 6.34. The van der Waals surface area contributed by atoms with Crippen molar-refractivity contribution in [3.05, 3.63) is 77.2 Å². The Bertz CT molecular complexity index is 1260. The molecule has 6 nitrogen and oxygen atoms in total. The number of rotatable bonds is 10. The summed E-state index contributed by atoms with van der Waals surface area (Å²) in [4.78, 5) is 26.4. The molecular formula is C27H29FNO5P. The van der Waals surface area contributed by atoms with Gasteiger partial charge in [0.25, 0.3) is 0 Å². The molecule has 1 aliphatic rings. The summed E-state index contributed by atoms with van der Waals surface area (Å²) in [5.74, 6) is -1.31. The standard InChI is InChI=1S/C27H29FNO5P/c1-17-25(18-9-11-21(28)12-10-18)23(13-14-35(33,34)16-22(30)15-24(31)32)27(20-7-8-20)29-26(17)19-5-3-2-4-6-19/h2-6,9-12,20,22,30H,7-8,13-16H2,1H3,(H,31,32)(H,33,34)/t22-/m0/s1. The molecule has 184 valence electrons. The van der Waals surface area contributed by atoms with Crippen LogP contribution in [0.15, 0.2) is 54.6 Å². The molecule has 2 atom stereocenters. The Morgan fingerprint density at radius 1 is 1.11 bits per heavy atom. The highest BCUT2D eigenvalue weighted by atomic mass is 31.2. The number of aliphatic carboxylic acids is 1. The molecule has 0 amide bonds. The fraction of sp³-hybridized carbons (Fsp3) is 0.333. The average molecular weight is 498 g/mol. The van der Waals surface area contributed by atoms with Crippen LogP contribution >= 0.6 is 7.37 Å². The third kappa shape index (κ3) is 6.23. The fourth-order valence-electron chi connectivity index (χ4n) is 4.55. The maximum atomic E-state index is 13.7. The molecule has 35 heavy (non-hydrogen) atoms. The molecule has 0 spiro atoms. The van der Waals surface area contributed by atoms with Crippen molar-refractivity contribution in [2.24, 2.45) is 0 Å². The average Bonchev–Trinajstić information content (AvgIpc) is 3.63. The van der Waals surface area contributed by atoms with E-state index >= 15 is 0 Å². The molecule has 3 aromatic rings. The summed E-state index contributed by atoms with van der Waals surface area (Å²) in [5, 5.41) is 18.8. The molecule has 4 rings (SSSR count). The predicted molar refractivity (Wildman–Crippen MR) is 133 cm³/mol. The zero-order valence-electron chi connectivity index (χ0n) is 19.5. The Hall–Kier alpha value is -2.86. The molecule has 2 aromatic carbocycles. The van der Waals surface area contributed by atoms with Gasteiger partial charge in [0.1, 0.15) is 5.82 Å². The van der Waals surface area contributed by atoms with Crippen LogP contribution in [0.5, 0.6) is 0 Å². The van der Waals surface area contributed by atoms with E-state index in [0.717, 1.165) is 52.0 Å². The minimum atomic E-state index is -3.81. The number of halogens is 1. The minimum Gasteiger partial charge on any atom is -0.481 e. The number of aliphatic hydroxyl groups excluding tert-OH is 1. The monoisotopic (exact) mass is 497 g/mol. The molecule has 1 aromatic heterocycles. The lowest BCUT2D eigenvalue weighted by Crippen LogP contribution is -2.19. The SMILES string of the molecule is Cc1c(-c2ccccc2)nc(C2CC2)c(CCP(=O)(O)C[C@@H](O)CC(=O)O)c1-c1ccc(F)cc1. The summed E-state index contributed by atoms with van der Waals surface area (Å²) >= 11 is 0. The highest BCUT2D eigenvalue weighted by molar-refractivity contribution is 7.58. The zero-order valence-corrected chi connectivity index (χ0v) is 20.4. The number of hydrogen-bond donors (Lipinski definition) is 3. The first-order chi connectivity index (χ1) is 16.6. The van der Waals surface area contributed by atoms with Crippen molar-refractivity contribution in [3.63, 3.8) is 0 Å². The maximum Gasteiger partial charge on any atom is 0.305 e. The quantitative estimate of drug-likeness (QED) is 0.324. The van der Waals surface area contributed by atoms with E-state index in [9.17, 15) is 23.7 Å². The van der Waals surface area contributed by atoms with Gasteiger partial charge in [0.15, 0.2) is 0 Å². The maximum absolute atomic E-state index is 13.7. The number of carboxylic acid groups (broad SMARTS) is 1. The van der Waals surface area contributed by atoms with Gasteiger partial charge in [-0.25, -0.2) is 4.39 Å². The molecule has 0 saturated heterocycles. The second kappa shape index (κ2) is 10.4. The highest BCUT2D eigenvalue weighted by Crippen LogP contribution is 2.48. The van der Waals surface area contributed by atoms with Crippen LogP contribution in [0.3, 0.4) is 0 Å². The van der Waals surface area contributed by atoms with Gasteiger partial charge in [0.05, 0.1) is 24.4 Å². The van der Waals surface area contributed by atoms with Crippen molar-refractivity contribution < 1.29 is 28.9 Å². The van der Waals surface area contributed by atoms with E-state index in [1.165, 1.54) is 12.1 Å². The van der Waals surface area contributed by atoms with E-state index in [2.05, 4.69) is 0 Å². The summed E-state index contributed by atoms with van der Waals surface area (Å²) in [5.41, 5.74) is 6.14. The number of aliphatic hydroxyl groups is 1. The van der Waals surface area contributed by atoms with Crippen LogP contribution in [0.1, 0.15) is 42.0 Å². The van der Waals surface area contributed by atoms with Crippen LogP contribution < -0.4 is 0 Å². The van der Waals surface area contributed by atoms with Crippen LogP contribution in [0.4, 0.5) is 4.39 Å². The van der Waals surface area contributed by atoms with Gasteiger partial charge in [0, 0.05) is 23.3 Å².